The van der Waals surface area contributed by atoms with Crippen molar-refractivity contribution in [3.05, 3.63) is 38.6 Å². The summed E-state index contributed by atoms with van der Waals surface area (Å²) in [6, 6.07) is 0. The third-order valence-corrected chi connectivity index (χ3v) is 4.97. The number of fused-ring (bicyclic) bond motifs is 1. The molecule has 1 aliphatic heterocycles. The van der Waals surface area contributed by atoms with Crippen LogP contribution in [0.25, 0.3) is 0 Å². The van der Waals surface area contributed by atoms with E-state index in [2.05, 4.69) is 20.5 Å². The Morgan fingerprint density at radius 1 is 1.32 bits per heavy atom. The van der Waals surface area contributed by atoms with Crippen LogP contribution < -0.4 is 15.7 Å². The van der Waals surface area contributed by atoms with Crippen LogP contribution in [0.1, 0.15) is 41.4 Å². The first-order chi connectivity index (χ1) is 11.7. The molecule has 0 unspecified atom stereocenters. The molecule has 2 aromatic rings. The Balaban J connectivity index is 1.82. The van der Waals surface area contributed by atoms with Crippen LogP contribution in [0.2, 0.25) is 0 Å². The Morgan fingerprint density at radius 3 is 2.68 bits per heavy atom. The molecule has 3 rings (SSSR count). The van der Waals surface area contributed by atoms with E-state index in [9.17, 15) is 14.7 Å². The van der Waals surface area contributed by atoms with Gasteiger partial charge in [0.2, 0.25) is 0 Å². The highest BCUT2D eigenvalue weighted by molar-refractivity contribution is 5.85. The normalized spacial score (nSPS) is 19.2. The third-order valence-electron chi connectivity index (χ3n) is 4.97. The van der Waals surface area contributed by atoms with Crippen LogP contribution in [0, 0.1) is 20.8 Å². The number of aromatic amines is 2. The molecule has 0 radical (unpaired) electrons. The van der Waals surface area contributed by atoms with Crippen molar-refractivity contribution in [2.24, 2.45) is 0 Å². The van der Waals surface area contributed by atoms with Crippen molar-refractivity contribution in [1.82, 2.24) is 20.5 Å². The summed E-state index contributed by atoms with van der Waals surface area (Å²) in [4.78, 5) is 26.2. The van der Waals surface area contributed by atoms with E-state index in [1.165, 1.54) is 0 Å². The predicted octanol–water partition coefficient (Wildman–Crippen LogP) is 1.13. The van der Waals surface area contributed by atoms with Gasteiger partial charge in [0.15, 0.2) is 5.60 Å². The molecule has 1 aromatic carbocycles. The van der Waals surface area contributed by atoms with Crippen molar-refractivity contribution in [2.45, 2.75) is 52.7 Å². The first kappa shape index (κ1) is 17.1. The number of aromatic nitrogens is 3. The number of hydrogen-bond acceptors (Lipinski definition) is 5. The minimum atomic E-state index is -1.02. The molecule has 0 spiro atoms. The Bertz CT molecular complexity index is 899. The van der Waals surface area contributed by atoms with Crippen molar-refractivity contribution in [3.8, 4) is 11.5 Å². The summed E-state index contributed by atoms with van der Waals surface area (Å²) in [5.41, 5.74) is 1.91. The number of ether oxygens (including phenoxy) is 1. The van der Waals surface area contributed by atoms with Gasteiger partial charge in [0.25, 0.3) is 5.91 Å². The summed E-state index contributed by atoms with van der Waals surface area (Å²) in [6.45, 7) is 7.43. The van der Waals surface area contributed by atoms with Gasteiger partial charge in [-0.25, -0.2) is 9.89 Å². The molecule has 1 aromatic heterocycles. The molecule has 1 atom stereocenters. The highest BCUT2D eigenvalue weighted by Gasteiger charge is 2.40. The number of nitrogens with one attached hydrogen (secondary N) is 3. The number of phenolic OH excluding ortho intramolecular Hbond substituents is 1. The van der Waals surface area contributed by atoms with Crippen molar-refractivity contribution in [1.29, 1.82) is 0 Å². The van der Waals surface area contributed by atoms with Crippen LogP contribution in [0.3, 0.4) is 0 Å². The standard InChI is InChI=1S/C17H22N4O4/c1-8-9(2)14-11(10(3)13(8)22)5-6-17(4,25-14)15(23)18-7-12-19-16(24)21-20-12/h22H,5-7H2,1-4H3,(H,18,23)(H2,19,20,21,24)/t17-/m1/s1. The quantitative estimate of drug-likeness (QED) is 0.664. The lowest BCUT2D eigenvalue weighted by molar-refractivity contribution is -0.137. The number of hydrogen-bond donors (Lipinski definition) is 4. The van der Waals surface area contributed by atoms with Gasteiger partial charge in [0, 0.05) is 12.0 Å². The van der Waals surface area contributed by atoms with E-state index in [-0.39, 0.29) is 18.2 Å². The summed E-state index contributed by atoms with van der Waals surface area (Å²) >= 11 is 0. The summed E-state index contributed by atoms with van der Waals surface area (Å²) in [7, 11) is 0. The highest BCUT2D eigenvalue weighted by Crippen LogP contribution is 2.43. The van der Waals surface area contributed by atoms with Gasteiger partial charge in [-0.2, -0.15) is 5.10 Å². The SMILES string of the molecule is Cc1c(C)c2c(c(C)c1O)CC[C@](C)(C(=O)NCc1n[nH]c(=O)[nH]1)O2. The van der Waals surface area contributed by atoms with Crippen LogP contribution in [-0.4, -0.2) is 31.8 Å². The zero-order valence-corrected chi connectivity index (χ0v) is 14.7. The van der Waals surface area contributed by atoms with E-state index in [0.717, 1.165) is 22.3 Å². The van der Waals surface area contributed by atoms with Gasteiger partial charge in [-0.3, -0.25) is 9.78 Å². The van der Waals surface area contributed by atoms with Crippen molar-refractivity contribution >= 4 is 5.91 Å². The molecule has 0 aliphatic carbocycles. The molecule has 25 heavy (non-hydrogen) atoms. The minimum Gasteiger partial charge on any atom is -0.507 e. The lowest BCUT2D eigenvalue weighted by Gasteiger charge is -2.36. The minimum absolute atomic E-state index is 0.107. The lowest BCUT2D eigenvalue weighted by Crippen LogP contribution is -2.51. The van der Waals surface area contributed by atoms with Crippen molar-refractivity contribution in [3.63, 3.8) is 0 Å². The summed E-state index contributed by atoms with van der Waals surface area (Å²) in [6.07, 6.45) is 1.13. The number of amides is 1. The number of carbonyl (C=O) groups is 1. The molecule has 8 nitrogen and oxygen atoms in total. The Hall–Kier alpha value is -2.77. The first-order valence-corrected chi connectivity index (χ1v) is 8.15. The molecule has 0 saturated heterocycles. The molecule has 1 aliphatic rings. The number of rotatable bonds is 3. The fourth-order valence-corrected chi connectivity index (χ4v) is 3.15. The van der Waals surface area contributed by atoms with Gasteiger partial charge in [-0.1, -0.05) is 0 Å². The second kappa shape index (κ2) is 5.94. The fraction of sp³-hybridized carbons (Fsp3) is 0.471. The topological polar surface area (TPSA) is 120 Å². The third kappa shape index (κ3) is 2.88. The maximum absolute atomic E-state index is 12.6. The summed E-state index contributed by atoms with van der Waals surface area (Å²) in [5, 5.41) is 19.0. The van der Waals surface area contributed by atoms with E-state index in [1.54, 1.807) is 6.92 Å². The molecular weight excluding hydrogens is 324 g/mol. The second-order valence-corrected chi connectivity index (χ2v) is 6.67. The van der Waals surface area contributed by atoms with E-state index in [0.29, 0.717) is 24.4 Å². The van der Waals surface area contributed by atoms with Crippen LogP contribution >= 0.6 is 0 Å². The maximum Gasteiger partial charge on any atom is 0.340 e. The smallest absolute Gasteiger partial charge is 0.340 e. The zero-order valence-electron chi connectivity index (χ0n) is 14.7. The Labute approximate surface area is 144 Å². The number of aromatic hydroxyl groups is 1. The molecule has 0 bridgehead atoms. The van der Waals surface area contributed by atoms with Gasteiger partial charge in [0.05, 0.1) is 6.54 Å². The summed E-state index contributed by atoms with van der Waals surface area (Å²) < 4.78 is 6.10. The van der Waals surface area contributed by atoms with E-state index in [1.807, 2.05) is 20.8 Å². The van der Waals surface area contributed by atoms with Gasteiger partial charge in [0.1, 0.15) is 17.3 Å². The molecular formula is C17H22N4O4. The molecule has 0 fully saturated rings. The molecule has 134 valence electrons. The molecule has 8 heteroatoms. The maximum atomic E-state index is 12.6. The number of phenols is 1. The van der Waals surface area contributed by atoms with E-state index < -0.39 is 11.3 Å². The van der Waals surface area contributed by atoms with Gasteiger partial charge < -0.3 is 15.2 Å². The molecule has 4 N–H and O–H groups in total. The Kier molecular flexibility index (Phi) is 4.06. The monoisotopic (exact) mass is 346 g/mol. The number of nitrogens with zero attached hydrogens (tertiary/aromatic N) is 1. The predicted molar refractivity (Wildman–Crippen MR) is 90.7 cm³/mol. The van der Waals surface area contributed by atoms with Crippen LogP contribution in [0.5, 0.6) is 11.5 Å². The Morgan fingerprint density at radius 2 is 2.04 bits per heavy atom. The van der Waals surface area contributed by atoms with Gasteiger partial charge >= 0.3 is 5.69 Å². The number of carbonyl (C=O) groups excluding carboxylic acids is 1. The van der Waals surface area contributed by atoms with E-state index >= 15 is 0 Å². The molecule has 2 heterocycles. The summed E-state index contributed by atoms with van der Waals surface area (Å²) in [5.74, 6) is 1.04. The number of benzene rings is 1. The van der Waals surface area contributed by atoms with Crippen molar-refractivity contribution < 1.29 is 14.6 Å². The fourth-order valence-electron chi connectivity index (χ4n) is 3.15. The first-order valence-electron chi connectivity index (χ1n) is 8.15. The lowest BCUT2D eigenvalue weighted by atomic mass is 9.86. The molecule has 0 saturated carbocycles. The number of H-pyrrole nitrogens is 2. The molecule has 1 amide bonds. The highest BCUT2D eigenvalue weighted by atomic mass is 16.5. The van der Waals surface area contributed by atoms with Crippen molar-refractivity contribution in [2.75, 3.05) is 0 Å². The van der Waals surface area contributed by atoms with Crippen LogP contribution in [-0.2, 0) is 17.8 Å². The van der Waals surface area contributed by atoms with Gasteiger partial charge in [-0.15, -0.1) is 0 Å². The second-order valence-electron chi connectivity index (χ2n) is 6.67. The van der Waals surface area contributed by atoms with E-state index in [4.69, 9.17) is 4.74 Å². The van der Waals surface area contributed by atoms with Crippen LogP contribution in [0.15, 0.2) is 4.79 Å². The average molecular weight is 346 g/mol. The van der Waals surface area contributed by atoms with Crippen LogP contribution in [0.4, 0.5) is 0 Å². The average Bonchev–Trinajstić information content (AvgIpc) is 3.01. The van der Waals surface area contributed by atoms with Gasteiger partial charge in [-0.05, 0) is 50.8 Å². The largest absolute Gasteiger partial charge is 0.507 e. The zero-order chi connectivity index (χ0) is 18.4.